The van der Waals surface area contributed by atoms with E-state index >= 15 is 0 Å². The molecule has 0 bridgehead atoms. The maximum Gasteiger partial charge on any atom is 0.417 e. The molecule has 214 valence electrons. The molecule has 3 aromatic carbocycles. The van der Waals surface area contributed by atoms with Crippen molar-refractivity contribution < 1.29 is 31.9 Å². The number of hydrogen-bond acceptors (Lipinski definition) is 2. The van der Waals surface area contributed by atoms with Crippen LogP contribution in [0.15, 0.2) is 66.2 Å². The summed E-state index contributed by atoms with van der Waals surface area (Å²) in [6.07, 6.45) is 0.0550. The van der Waals surface area contributed by atoms with Crippen molar-refractivity contribution in [3.63, 3.8) is 0 Å². The number of benzene rings is 3. The van der Waals surface area contributed by atoms with E-state index in [0.717, 1.165) is 43.2 Å². The molecule has 3 nitrogen and oxygen atoms in total. The number of halogens is 5. The average molecular weight is 568 g/mol. The van der Waals surface area contributed by atoms with E-state index < -0.39 is 23.5 Å². The average Bonchev–Trinajstić information content (AvgIpc) is 3.30. The Balaban J connectivity index is 1.62. The molecule has 1 N–H and O–H groups in total. The van der Waals surface area contributed by atoms with Gasteiger partial charge in [-0.2, -0.15) is 13.2 Å². The predicted octanol–water partition coefficient (Wildman–Crippen LogP) is 8.29. The van der Waals surface area contributed by atoms with Crippen LogP contribution in [0.4, 0.5) is 22.0 Å². The molecule has 3 aromatic rings. The van der Waals surface area contributed by atoms with Gasteiger partial charge in [0.15, 0.2) is 0 Å². The number of nitrogens with zero attached hydrogens (tertiary/aromatic N) is 1. The highest BCUT2D eigenvalue weighted by molar-refractivity contribution is 6.01. The second-order valence-electron chi connectivity index (χ2n) is 10.6. The van der Waals surface area contributed by atoms with Crippen LogP contribution in [0, 0.1) is 5.82 Å². The first kappa shape index (κ1) is 28.7. The number of carboxylic acids is 1. The number of alkyl halides is 4. The van der Waals surface area contributed by atoms with Crippen molar-refractivity contribution in [2.75, 3.05) is 26.3 Å². The van der Waals surface area contributed by atoms with E-state index in [4.69, 9.17) is 0 Å². The van der Waals surface area contributed by atoms with Gasteiger partial charge >= 0.3 is 12.1 Å². The van der Waals surface area contributed by atoms with Crippen LogP contribution in [0.2, 0.25) is 0 Å². The third-order valence-corrected chi connectivity index (χ3v) is 7.76. The lowest BCUT2D eigenvalue weighted by molar-refractivity contribution is -0.138. The Bertz CT molecular complexity index is 1500. The second kappa shape index (κ2) is 12.0. The molecule has 1 saturated heterocycles. The summed E-state index contributed by atoms with van der Waals surface area (Å²) in [5, 5.41) is 9.53. The number of allylic oxidation sites excluding steroid dienone is 1. The Kier molecular flexibility index (Phi) is 8.40. The lowest BCUT2D eigenvalue weighted by Crippen LogP contribution is -2.20. The Morgan fingerprint density at radius 1 is 0.951 bits per heavy atom. The molecule has 0 amide bonds. The standard InChI is InChI=1S/C33H30F5NO2/c34-14-2-15-39-16-13-22(20-39)17-21-5-7-23(8-6-21)31-27-11-9-25(32(40)41)18-24(27)3-1-4-29(31)28-12-10-26(35)19-30(28)33(36,37)38/h5-12,17-19H,1-4,13-16,20H2,(H,40,41). The topological polar surface area (TPSA) is 40.5 Å². The van der Waals surface area contributed by atoms with Gasteiger partial charge in [-0.1, -0.05) is 48.0 Å². The number of rotatable bonds is 7. The van der Waals surface area contributed by atoms with Crippen LogP contribution >= 0.6 is 0 Å². The summed E-state index contributed by atoms with van der Waals surface area (Å²) < 4.78 is 68.9. The van der Waals surface area contributed by atoms with Gasteiger partial charge in [-0.15, -0.1) is 0 Å². The number of likely N-dealkylation sites (tertiary alicyclic amines) is 1. The van der Waals surface area contributed by atoms with Gasteiger partial charge in [0.1, 0.15) is 5.82 Å². The predicted molar refractivity (Wildman–Crippen MR) is 150 cm³/mol. The molecular weight excluding hydrogens is 537 g/mol. The maximum absolute atomic E-state index is 14.1. The summed E-state index contributed by atoms with van der Waals surface area (Å²) >= 11 is 0. The zero-order chi connectivity index (χ0) is 29.1. The Hall–Kier alpha value is -3.78. The second-order valence-corrected chi connectivity index (χ2v) is 10.6. The van der Waals surface area contributed by atoms with Gasteiger partial charge in [0, 0.05) is 19.6 Å². The van der Waals surface area contributed by atoms with Crippen molar-refractivity contribution in [1.82, 2.24) is 4.90 Å². The highest BCUT2D eigenvalue weighted by Gasteiger charge is 2.36. The number of aromatic carboxylic acids is 1. The summed E-state index contributed by atoms with van der Waals surface area (Å²) in [4.78, 5) is 13.9. The van der Waals surface area contributed by atoms with Crippen molar-refractivity contribution in [1.29, 1.82) is 0 Å². The van der Waals surface area contributed by atoms with Crippen molar-refractivity contribution in [2.24, 2.45) is 0 Å². The van der Waals surface area contributed by atoms with Crippen molar-refractivity contribution in [3.8, 4) is 0 Å². The van der Waals surface area contributed by atoms with Crippen LogP contribution in [0.3, 0.4) is 0 Å². The van der Waals surface area contributed by atoms with E-state index in [2.05, 4.69) is 11.0 Å². The lowest BCUT2D eigenvalue weighted by atomic mass is 9.85. The molecule has 0 atom stereocenters. The highest BCUT2D eigenvalue weighted by Crippen LogP contribution is 2.44. The van der Waals surface area contributed by atoms with Gasteiger partial charge in [0.25, 0.3) is 0 Å². The fourth-order valence-electron chi connectivity index (χ4n) is 5.85. The summed E-state index contributed by atoms with van der Waals surface area (Å²) in [6, 6.07) is 15.1. The number of fused-ring (bicyclic) bond motifs is 1. The Morgan fingerprint density at radius 2 is 1.71 bits per heavy atom. The molecule has 1 aliphatic carbocycles. The SMILES string of the molecule is O=C(O)c1ccc2c(c1)CCCC(c1ccc(F)cc1C(F)(F)F)=C2c1ccc(C=C2CCN(CCCF)C2)cc1. The van der Waals surface area contributed by atoms with Crippen molar-refractivity contribution >= 4 is 23.2 Å². The molecular formula is C33H30F5NO2. The fraction of sp³-hybridized carbons (Fsp3) is 0.303. The Labute approximate surface area is 235 Å². The highest BCUT2D eigenvalue weighted by atomic mass is 19.4. The largest absolute Gasteiger partial charge is 0.478 e. The summed E-state index contributed by atoms with van der Waals surface area (Å²) in [7, 11) is 0. The molecule has 1 fully saturated rings. The molecule has 1 aliphatic heterocycles. The van der Waals surface area contributed by atoms with Crippen LogP contribution in [0.5, 0.6) is 0 Å². The molecule has 1 heterocycles. The van der Waals surface area contributed by atoms with E-state index in [0.29, 0.717) is 54.0 Å². The van der Waals surface area contributed by atoms with Crippen LogP contribution in [0.25, 0.3) is 17.2 Å². The number of hydrogen-bond donors (Lipinski definition) is 1. The van der Waals surface area contributed by atoms with E-state index in [9.17, 15) is 31.9 Å². The Morgan fingerprint density at radius 3 is 2.41 bits per heavy atom. The van der Waals surface area contributed by atoms with Crippen molar-refractivity contribution in [2.45, 2.75) is 38.3 Å². The third kappa shape index (κ3) is 6.43. The van der Waals surface area contributed by atoms with E-state index in [1.54, 1.807) is 12.1 Å². The first-order valence-electron chi connectivity index (χ1n) is 13.7. The third-order valence-electron chi connectivity index (χ3n) is 7.76. The minimum Gasteiger partial charge on any atom is -0.478 e. The smallest absolute Gasteiger partial charge is 0.417 e. The molecule has 0 spiro atoms. The molecule has 2 aliphatic rings. The zero-order valence-electron chi connectivity index (χ0n) is 22.4. The first-order chi connectivity index (χ1) is 19.6. The quantitative estimate of drug-likeness (QED) is 0.292. The molecule has 0 aromatic heterocycles. The van der Waals surface area contributed by atoms with Gasteiger partial charge in [-0.25, -0.2) is 9.18 Å². The zero-order valence-corrected chi connectivity index (χ0v) is 22.4. The minimum atomic E-state index is -4.76. The minimum absolute atomic E-state index is 0.0745. The van der Waals surface area contributed by atoms with Crippen LogP contribution in [-0.4, -0.2) is 42.3 Å². The van der Waals surface area contributed by atoms with Gasteiger partial charge in [0.2, 0.25) is 0 Å². The molecule has 41 heavy (non-hydrogen) atoms. The maximum atomic E-state index is 14.1. The fourth-order valence-corrected chi connectivity index (χ4v) is 5.85. The number of aryl methyl sites for hydroxylation is 1. The molecule has 5 rings (SSSR count). The van der Waals surface area contributed by atoms with Gasteiger partial charge in [-0.3, -0.25) is 9.29 Å². The molecule has 0 radical (unpaired) electrons. The molecule has 0 unspecified atom stereocenters. The van der Waals surface area contributed by atoms with E-state index in [1.165, 1.54) is 17.7 Å². The van der Waals surface area contributed by atoms with Crippen LogP contribution in [0.1, 0.15) is 69.4 Å². The normalized spacial score (nSPS) is 17.1. The van der Waals surface area contributed by atoms with Gasteiger partial charge in [-0.05, 0) is 95.3 Å². The van der Waals surface area contributed by atoms with Crippen LogP contribution in [-0.2, 0) is 12.6 Å². The molecule has 0 saturated carbocycles. The number of carboxylic acid groups (broad SMARTS) is 1. The van der Waals surface area contributed by atoms with Gasteiger partial charge in [0.05, 0.1) is 17.8 Å². The monoisotopic (exact) mass is 567 g/mol. The lowest BCUT2D eigenvalue weighted by Gasteiger charge is -2.20. The van der Waals surface area contributed by atoms with Crippen molar-refractivity contribution in [3.05, 3.63) is 111 Å². The van der Waals surface area contributed by atoms with E-state index in [-0.39, 0.29) is 17.8 Å². The molecule has 8 heteroatoms. The summed E-state index contributed by atoms with van der Waals surface area (Å²) in [5.41, 5.74) is 4.34. The van der Waals surface area contributed by atoms with Gasteiger partial charge < -0.3 is 5.11 Å². The summed E-state index contributed by atoms with van der Waals surface area (Å²) in [6.45, 7) is 2.05. The summed E-state index contributed by atoms with van der Waals surface area (Å²) in [5.74, 6) is -2.04. The number of carbonyl (C=O) groups is 1. The first-order valence-corrected chi connectivity index (χ1v) is 13.7. The van der Waals surface area contributed by atoms with Crippen LogP contribution < -0.4 is 0 Å². The van der Waals surface area contributed by atoms with E-state index in [1.807, 2.05) is 24.3 Å².